The maximum Gasteiger partial charge on any atom is 0.269 e. The zero-order chi connectivity index (χ0) is 20.9. The van der Waals surface area contributed by atoms with Crippen molar-refractivity contribution in [2.45, 2.75) is 0 Å². The lowest BCUT2D eigenvalue weighted by Crippen LogP contribution is -2.25. The minimum Gasteiger partial charge on any atom is -0.455 e. The zero-order valence-electron chi connectivity index (χ0n) is 15.5. The van der Waals surface area contributed by atoms with Crippen LogP contribution in [0.5, 0.6) is 11.5 Å². The normalized spacial score (nSPS) is 12.1. The van der Waals surface area contributed by atoms with Crippen LogP contribution in [0.3, 0.4) is 0 Å². The van der Waals surface area contributed by atoms with Crippen molar-refractivity contribution in [1.82, 2.24) is 5.43 Å². The van der Waals surface area contributed by atoms with E-state index in [0.29, 0.717) is 28.6 Å². The van der Waals surface area contributed by atoms with Crippen molar-refractivity contribution >= 4 is 23.5 Å². The fourth-order valence-corrected chi connectivity index (χ4v) is 2.72. The average molecular weight is 408 g/mol. The molecule has 2 aromatic carbocycles. The molecule has 1 aliphatic rings. The van der Waals surface area contributed by atoms with Crippen molar-refractivity contribution in [2.24, 2.45) is 5.10 Å². The molecule has 0 saturated carbocycles. The second-order valence-corrected chi connectivity index (χ2v) is 6.22. The number of rotatable bonds is 7. The fourth-order valence-electron chi connectivity index (χ4n) is 2.72. The second kappa shape index (κ2) is 8.35. The van der Waals surface area contributed by atoms with Crippen LogP contribution in [0.2, 0.25) is 0 Å². The molecule has 30 heavy (non-hydrogen) atoms. The molecule has 1 aromatic heterocycles. The van der Waals surface area contributed by atoms with Gasteiger partial charge in [0.2, 0.25) is 6.79 Å². The van der Waals surface area contributed by atoms with E-state index in [-0.39, 0.29) is 24.9 Å². The topological polar surface area (TPSA) is 128 Å². The first kappa shape index (κ1) is 19.0. The minimum absolute atomic E-state index is 0.00385. The highest BCUT2D eigenvalue weighted by Crippen LogP contribution is 2.34. The molecule has 3 aromatic rings. The minimum atomic E-state index is -0.464. The van der Waals surface area contributed by atoms with Crippen molar-refractivity contribution < 1.29 is 23.6 Å². The molecular weight excluding hydrogens is 392 g/mol. The van der Waals surface area contributed by atoms with E-state index in [4.69, 9.17) is 13.9 Å². The molecule has 2 heterocycles. The number of furan rings is 1. The fraction of sp³-hybridized carbons (Fsp3) is 0.100. The van der Waals surface area contributed by atoms with Gasteiger partial charge in [-0.25, -0.2) is 5.43 Å². The van der Waals surface area contributed by atoms with Gasteiger partial charge in [0.1, 0.15) is 11.5 Å². The smallest absolute Gasteiger partial charge is 0.269 e. The molecule has 0 fully saturated rings. The number of carbonyl (C=O) groups is 1. The molecule has 10 heteroatoms. The standard InChI is InChI=1S/C20H16N4O6/c25-20(11-21-14-3-7-18-19(9-14)29-12-28-18)23-22-10-16-6-8-17(30-16)13-1-4-15(5-2-13)24(26)27/h1-10,21H,11-12H2,(H,23,25). The number of benzene rings is 2. The zero-order valence-corrected chi connectivity index (χ0v) is 15.5. The van der Waals surface area contributed by atoms with Crippen LogP contribution in [-0.4, -0.2) is 30.4 Å². The van der Waals surface area contributed by atoms with Crippen LogP contribution >= 0.6 is 0 Å². The summed E-state index contributed by atoms with van der Waals surface area (Å²) < 4.78 is 16.1. The summed E-state index contributed by atoms with van der Waals surface area (Å²) in [5.74, 6) is 1.90. The Morgan fingerprint density at radius 2 is 1.90 bits per heavy atom. The maximum atomic E-state index is 11.9. The summed E-state index contributed by atoms with van der Waals surface area (Å²) in [6.07, 6.45) is 1.37. The number of hydrazone groups is 1. The van der Waals surface area contributed by atoms with Gasteiger partial charge < -0.3 is 19.2 Å². The highest BCUT2D eigenvalue weighted by molar-refractivity contribution is 5.83. The van der Waals surface area contributed by atoms with Gasteiger partial charge in [0, 0.05) is 29.4 Å². The third-order valence-corrected chi connectivity index (χ3v) is 4.20. The van der Waals surface area contributed by atoms with Gasteiger partial charge in [-0.2, -0.15) is 5.10 Å². The predicted octanol–water partition coefficient (Wildman–Crippen LogP) is 3.15. The van der Waals surface area contributed by atoms with E-state index >= 15 is 0 Å². The summed E-state index contributed by atoms with van der Waals surface area (Å²) in [6.45, 7) is 0.204. The summed E-state index contributed by atoms with van der Waals surface area (Å²) in [5.41, 5.74) is 3.82. The van der Waals surface area contributed by atoms with Crippen LogP contribution in [0.4, 0.5) is 11.4 Å². The Labute approximate surface area is 170 Å². The van der Waals surface area contributed by atoms with E-state index in [2.05, 4.69) is 15.8 Å². The van der Waals surface area contributed by atoms with Gasteiger partial charge in [0.05, 0.1) is 17.7 Å². The molecule has 2 N–H and O–H groups in total. The van der Waals surface area contributed by atoms with E-state index in [0.717, 1.165) is 5.69 Å². The second-order valence-electron chi connectivity index (χ2n) is 6.22. The van der Waals surface area contributed by atoms with E-state index in [1.165, 1.54) is 18.3 Å². The molecule has 0 spiro atoms. The number of nitrogens with zero attached hydrogens (tertiary/aromatic N) is 2. The van der Waals surface area contributed by atoms with E-state index in [1.54, 1.807) is 42.5 Å². The predicted molar refractivity (Wildman–Crippen MR) is 108 cm³/mol. The largest absolute Gasteiger partial charge is 0.455 e. The lowest BCUT2D eigenvalue weighted by molar-refractivity contribution is -0.384. The molecule has 1 aliphatic heterocycles. The number of nitro groups is 1. The van der Waals surface area contributed by atoms with Gasteiger partial charge >= 0.3 is 0 Å². The summed E-state index contributed by atoms with van der Waals surface area (Å²) >= 11 is 0. The summed E-state index contributed by atoms with van der Waals surface area (Å²) in [4.78, 5) is 22.2. The molecule has 0 atom stereocenters. The van der Waals surface area contributed by atoms with Crippen LogP contribution in [0.15, 0.2) is 64.1 Å². The van der Waals surface area contributed by atoms with Gasteiger partial charge in [-0.1, -0.05) is 0 Å². The molecule has 152 valence electrons. The Kier molecular flexibility index (Phi) is 5.29. The average Bonchev–Trinajstić information content (AvgIpc) is 3.41. The summed E-state index contributed by atoms with van der Waals surface area (Å²) in [5, 5.41) is 17.5. The number of non-ortho nitro benzene ring substituents is 1. The first-order valence-corrected chi connectivity index (χ1v) is 8.88. The van der Waals surface area contributed by atoms with Crippen LogP contribution in [0.25, 0.3) is 11.3 Å². The third-order valence-electron chi connectivity index (χ3n) is 4.20. The lowest BCUT2D eigenvalue weighted by atomic mass is 10.1. The Balaban J connectivity index is 1.28. The Morgan fingerprint density at radius 3 is 2.70 bits per heavy atom. The molecule has 0 aliphatic carbocycles. The number of ether oxygens (including phenoxy) is 2. The number of hydrogen-bond acceptors (Lipinski definition) is 8. The number of anilines is 1. The van der Waals surface area contributed by atoms with Crippen molar-refractivity contribution in [3.8, 4) is 22.8 Å². The van der Waals surface area contributed by atoms with E-state index < -0.39 is 4.92 Å². The van der Waals surface area contributed by atoms with Crippen molar-refractivity contribution in [2.75, 3.05) is 18.7 Å². The number of nitrogens with one attached hydrogen (secondary N) is 2. The monoisotopic (exact) mass is 408 g/mol. The highest BCUT2D eigenvalue weighted by Gasteiger charge is 2.13. The molecule has 0 bridgehead atoms. The number of carbonyl (C=O) groups excluding carboxylic acids is 1. The van der Waals surface area contributed by atoms with Crippen LogP contribution in [0, 0.1) is 10.1 Å². The molecule has 0 unspecified atom stereocenters. The first-order chi connectivity index (χ1) is 14.6. The van der Waals surface area contributed by atoms with Gasteiger partial charge in [0.25, 0.3) is 11.6 Å². The number of amides is 1. The van der Waals surface area contributed by atoms with Crippen LogP contribution in [0.1, 0.15) is 5.76 Å². The van der Waals surface area contributed by atoms with E-state index in [1.807, 2.05) is 0 Å². The van der Waals surface area contributed by atoms with Crippen molar-refractivity contribution in [1.29, 1.82) is 0 Å². The molecular formula is C20H16N4O6. The van der Waals surface area contributed by atoms with E-state index in [9.17, 15) is 14.9 Å². The number of fused-ring (bicyclic) bond motifs is 1. The Morgan fingerprint density at radius 1 is 1.10 bits per heavy atom. The highest BCUT2D eigenvalue weighted by atomic mass is 16.7. The maximum absolute atomic E-state index is 11.9. The summed E-state index contributed by atoms with van der Waals surface area (Å²) in [6, 6.07) is 14.7. The van der Waals surface area contributed by atoms with Gasteiger partial charge in [-0.15, -0.1) is 0 Å². The van der Waals surface area contributed by atoms with Gasteiger partial charge in [-0.3, -0.25) is 14.9 Å². The van der Waals surface area contributed by atoms with Crippen molar-refractivity contribution in [3.63, 3.8) is 0 Å². The quantitative estimate of drug-likeness (QED) is 0.349. The molecule has 1 amide bonds. The lowest BCUT2D eigenvalue weighted by Gasteiger charge is -2.06. The van der Waals surface area contributed by atoms with Crippen LogP contribution < -0.4 is 20.2 Å². The Bertz CT molecular complexity index is 1110. The van der Waals surface area contributed by atoms with Gasteiger partial charge in [0.15, 0.2) is 11.5 Å². The molecule has 10 nitrogen and oxygen atoms in total. The first-order valence-electron chi connectivity index (χ1n) is 8.88. The van der Waals surface area contributed by atoms with Crippen LogP contribution in [-0.2, 0) is 4.79 Å². The SMILES string of the molecule is O=C(CNc1ccc2c(c1)OCO2)NN=Cc1ccc(-c2ccc([N+](=O)[O-])cc2)o1. The van der Waals surface area contributed by atoms with Crippen molar-refractivity contribution in [3.05, 3.63) is 70.5 Å². The molecule has 4 rings (SSSR count). The number of nitro benzene ring substituents is 1. The molecule has 0 saturated heterocycles. The summed E-state index contributed by atoms with van der Waals surface area (Å²) in [7, 11) is 0. The molecule has 0 radical (unpaired) electrons. The Hall–Kier alpha value is -4.34. The number of hydrogen-bond donors (Lipinski definition) is 2. The third kappa shape index (κ3) is 4.38. The van der Waals surface area contributed by atoms with Gasteiger partial charge in [-0.05, 0) is 36.4 Å².